The first-order chi connectivity index (χ1) is 11.1. The quantitative estimate of drug-likeness (QED) is 0.853. The number of carbonyl (C=O) groups is 2. The monoisotopic (exact) mass is 311 g/mol. The lowest BCUT2D eigenvalue weighted by Gasteiger charge is -2.15. The van der Waals surface area contributed by atoms with Crippen molar-refractivity contribution in [1.82, 2.24) is 0 Å². The predicted molar refractivity (Wildman–Crippen MR) is 90.9 cm³/mol. The molecular formula is C19H21NO3. The number of para-hydroxylation sites is 1. The lowest BCUT2D eigenvalue weighted by Crippen LogP contribution is -2.18. The van der Waals surface area contributed by atoms with Gasteiger partial charge in [-0.25, -0.2) is 4.79 Å². The van der Waals surface area contributed by atoms with Gasteiger partial charge in [0.1, 0.15) is 0 Å². The zero-order valence-corrected chi connectivity index (χ0v) is 13.7. The summed E-state index contributed by atoms with van der Waals surface area (Å²) in [5.41, 5.74) is 3.57. The normalized spacial score (nSPS) is 10.2. The molecule has 0 aliphatic heterocycles. The molecule has 0 aromatic heterocycles. The molecule has 0 saturated carbocycles. The Labute approximate surface area is 136 Å². The van der Waals surface area contributed by atoms with E-state index in [2.05, 4.69) is 5.32 Å². The van der Waals surface area contributed by atoms with Crippen molar-refractivity contribution < 1.29 is 14.3 Å². The van der Waals surface area contributed by atoms with E-state index in [1.165, 1.54) is 7.11 Å². The highest BCUT2D eigenvalue weighted by atomic mass is 16.5. The fourth-order valence-electron chi connectivity index (χ4n) is 2.55. The van der Waals surface area contributed by atoms with Gasteiger partial charge in [0.2, 0.25) is 0 Å². The van der Waals surface area contributed by atoms with Crippen LogP contribution >= 0.6 is 0 Å². The van der Waals surface area contributed by atoms with Crippen molar-refractivity contribution in [2.45, 2.75) is 26.7 Å². The Bertz CT molecular complexity index is 700. The minimum Gasteiger partial charge on any atom is -0.465 e. The molecule has 0 unspecified atom stereocenters. The summed E-state index contributed by atoms with van der Waals surface area (Å²) < 4.78 is 4.75. The Morgan fingerprint density at radius 2 is 1.48 bits per heavy atom. The Morgan fingerprint density at radius 3 is 2.00 bits per heavy atom. The van der Waals surface area contributed by atoms with Crippen LogP contribution in [0.4, 0.5) is 5.69 Å². The molecule has 2 rings (SSSR count). The molecule has 0 saturated heterocycles. The first-order valence-electron chi connectivity index (χ1n) is 7.71. The number of ether oxygens (including phenoxy) is 1. The number of carbonyl (C=O) groups excluding carboxylic acids is 2. The first kappa shape index (κ1) is 16.7. The topological polar surface area (TPSA) is 55.4 Å². The average molecular weight is 311 g/mol. The van der Waals surface area contributed by atoms with Crippen LogP contribution in [0.15, 0.2) is 42.5 Å². The van der Waals surface area contributed by atoms with Crippen molar-refractivity contribution in [3.8, 4) is 0 Å². The van der Waals surface area contributed by atoms with Gasteiger partial charge in [-0.05, 0) is 36.1 Å². The number of rotatable bonds is 5. The maximum atomic E-state index is 12.7. The van der Waals surface area contributed by atoms with E-state index >= 15 is 0 Å². The summed E-state index contributed by atoms with van der Waals surface area (Å²) in [4.78, 5) is 24.5. The summed E-state index contributed by atoms with van der Waals surface area (Å²) in [6.07, 6.45) is 1.64. The highest BCUT2D eigenvalue weighted by Crippen LogP contribution is 2.24. The molecule has 0 spiro atoms. The molecule has 0 fully saturated rings. The average Bonchev–Trinajstić information content (AvgIpc) is 2.61. The Morgan fingerprint density at radius 1 is 0.913 bits per heavy atom. The van der Waals surface area contributed by atoms with Crippen LogP contribution in [0.25, 0.3) is 0 Å². The zero-order chi connectivity index (χ0) is 16.8. The van der Waals surface area contributed by atoms with Crippen molar-refractivity contribution in [2.75, 3.05) is 12.4 Å². The van der Waals surface area contributed by atoms with Crippen molar-refractivity contribution in [2.24, 2.45) is 0 Å². The number of amides is 1. The SMILES string of the molecule is CCc1cccc(CC)c1NC(=O)c1ccccc1C(=O)OC. The number of hydrogen-bond donors (Lipinski definition) is 1. The van der Waals surface area contributed by atoms with E-state index in [0.717, 1.165) is 29.7 Å². The Balaban J connectivity index is 2.39. The predicted octanol–water partition coefficient (Wildman–Crippen LogP) is 3.85. The number of esters is 1. The molecular weight excluding hydrogens is 290 g/mol. The molecule has 1 N–H and O–H groups in total. The highest BCUT2D eigenvalue weighted by molar-refractivity contribution is 6.11. The third kappa shape index (κ3) is 3.59. The molecule has 1 amide bonds. The van der Waals surface area contributed by atoms with Crippen molar-refractivity contribution in [3.05, 3.63) is 64.7 Å². The number of nitrogens with one attached hydrogen (secondary N) is 1. The van der Waals surface area contributed by atoms with Crippen LogP contribution < -0.4 is 5.32 Å². The van der Waals surface area contributed by atoms with E-state index in [9.17, 15) is 9.59 Å². The zero-order valence-electron chi connectivity index (χ0n) is 13.7. The van der Waals surface area contributed by atoms with Gasteiger partial charge in [0, 0.05) is 5.69 Å². The van der Waals surface area contributed by atoms with Gasteiger partial charge in [0.25, 0.3) is 5.91 Å². The fourth-order valence-corrected chi connectivity index (χ4v) is 2.55. The van der Waals surface area contributed by atoms with Crippen LogP contribution in [0, 0.1) is 0 Å². The Kier molecular flexibility index (Phi) is 5.52. The van der Waals surface area contributed by atoms with Gasteiger partial charge in [0.05, 0.1) is 18.2 Å². The maximum absolute atomic E-state index is 12.7. The fraction of sp³-hybridized carbons (Fsp3) is 0.263. The molecule has 0 heterocycles. The lowest BCUT2D eigenvalue weighted by molar-refractivity contribution is 0.0597. The number of methoxy groups -OCH3 is 1. The van der Waals surface area contributed by atoms with Gasteiger partial charge in [-0.1, -0.05) is 44.2 Å². The summed E-state index contributed by atoms with van der Waals surface area (Å²) in [7, 11) is 1.30. The number of benzene rings is 2. The van der Waals surface area contributed by atoms with Crippen LogP contribution in [-0.4, -0.2) is 19.0 Å². The second-order valence-electron chi connectivity index (χ2n) is 5.15. The third-order valence-corrected chi connectivity index (χ3v) is 3.81. The second kappa shape index (κ2) is 7.58. The van der Waals surface area contributed by atoms with Crippen LogP contribution in [0.3, 0.4) is 0 Å². The molecule has 0 aliphatic rings. The largest absolute Gasteiger partial charge is 0.465 e. The highest BCUT2D eigenvalue weighted by Gasteiger charge is 2.18. The molecule has 120 valence electrons. The minimum atomic E-state index is -0.518. The Hall–Kier alpha value is -2.62. The van der Waals surface area contributed by atoms with Crippen LogP contribution in [0.2, 0.25) is 0 Å². The van der Waals surface area contributed by atoms with Crippen LogP contribution in [-0.2, 0) is 17.6 Å². The molecule has 23 heavy (non-hydrogen) atoms. The molecule has 0 atom stereocenters. The van der Waals surface area contributed by atoms with Gasteiger partial charge >= 0.3 is 5.97 Å². The van der Waals surface area contributed by atoms with Gasteiger partial charge < -0.3 is 10.1 Å². The van der Waals surface area contributed by atoms with Crippen molar-refractivity contribution >= 4 is 17.6 Å². The molecule has 4 heteroatoms. The van der Waals surface area contributed by atoms with Crippen molar-refractivity contribution in [1.29, 1.82) is 0 Å². The summed E-state index contributed by atoms with van der Waals surface area (Å²) in [5.74, 6) is -0.822. The summed E-state index contributed by atoms with van der Waals surface area (Å²) >= 11 is 0. The molecule has 0 aliphatic carbocycles. The molecule has 0 bridgehead atoms. The van der Waals surface area contributed by atoms with Gasteiger partial charge in [-0.3, -0.25) is 4.79 Å². The third-order valence-electron chi connectivity index (χ3n) is 3.81. The lowest BCUT2D eigenvalue weighted by atomic mass is 10.0. The van der Waals surface area contributed by atoms with Gasteiger partial charge in [-0.15, -0.1) is 0 Å². The molecule has 2 aromatic carbocycles. The molecule has 2 aromatic rings. The maximum Gasteiger partial charge on any atom is 0.338 e. The van der Waals surface area contributed by atoms with Gasteiger partial charge in [-0.2, -0.15) is 0 Å². The smallest absolute Gasteiger partial charge is 0.338 e. The first-order valence-corrected chi connectivity index (χ1v) is 7.71. The van der Waals surface area contributed by atoms with Crippen LogP contribution in [0.5, 0.6) is 0 Å². The second-order valence-corrected chi connectivity index (χ2v) is 5.15. The summed E-state index contributed by atoms with van der Waals surface area (Å²) in [5, 5.41) is 2.97. The van der Waals surface area contributed by atoms with E-state index < -0.39 is 5.97 Å². The van der Waals surface area contributed by atoms with Crippen LogP contribution in [0.1, 0.15) is 45.7 Å². The van der Waals surface area contributed by atoms with E-state index in [4.69, 9.17) is 4.74 Å². The number of hydrogen-bond acceptors (Lipinski definition) is 3. The van der Waals surface area contributed by atoms with Crippen molar-refractivity contribution in [3.63, 3.8) is 0 Å². The summed E-state index contributed by atoms with van der Waals surface area (Å²) in [6.45, 7) is 4.10. The van der Waals surface area contributed by atoms with E-state index in [-0.39, 0.29) is 11.5 Å². The van der Waals surface area contributed by atoms with E-state index in [1.807, 2.05) is 32.0 Å². The van der Waals surface area contributed by atoms with E-state index in [0.29, 0.717) is 5.56 Å². The molecule has 4 nitrogen and oxygen atoms in total. The summed E-state index contributed by atoms with van der Waals surface area (Å²) in [6, 6.07) is 12.7. The standard InChI is InChI=1S/C19H21NO3/c1-4-13-9-8-10-14(5-2)17(13)20-18(21)15-11-6-7-12-16(15)19(22)23-3/h6-12H,4-5H2,1-3H3,(H,20,21). The number of aryl methyl sites for hydroxylation is 2. The van der Waals surface area contributed by atoms with E-state index in [1.54, 1.807) is 24.3 Å². The van der Waals surface area contributed by atoms with Gasteiger partial charge in [0.15, 0.2) is 0 Å². The number of anilines is 1. The molecule has 0 radical (unpaired) electrons. The minimum absolute atomic E-state index is 0.263.